The second-order valence-corrected chi connectivity index (χ2v) is 7.93. The summed E-state index contributed by atoms with van der Waals surface area (Å²) in [7, 11) is 0. The van der Waals surface area contributed by atoms with Crippen molar-refractivity contribution in [2.45, 2.75) is 19.4 Å². The van der Waals surface area contributed by atoms with Crippen LogP contribution in [0.5, 0.6) is 11.6 Å². The Bertz CT molecular complexity index is 1420. The fourth-order valence-electron chi connectivity index (χ4n) is 4.12. The summed E-state index contributed by atoms with van der Waals surface area (Å²) < 4.78 is 27.2. The molecule has 1 atom stereocenters. The molecule has 0 bridgehead atoms. The predicted molar refractivity (Wildman–Crippen MR) is 125 cm³/mol. The lowest BCUT2D eigenvalue weighted by Gasteiger charge is -2.25. The van der Waals surface area contributed by atoms with Gasteiger partial charge in [-0.3, -0.25) is 0 Å². The van der Waals surface area contributed by atoms with E-state index in [9.17, 15) is 9.65 Å². The normalized spacial score (nSPS) is 14.8. The molecule has 0 amide bonds. The van der Waals surface area contributed by atoms with Crippen LogP contribution in [0.2, 0.25) is 0 Å². The number of hydrogen-bond donors (Lipinski definition) is 1. The first kappa shape index (κ1) is 21.3. The molecule has 1 aromatic heterocycles. The Labute approximate surface area is 196 Å². The molecular weight excluding hydrogens is 431 g/mol. The average Bonchev–Trinajstić information content (AvgIpc) is 3.19. The SMILES string of the molecule is Cc1nn(-c2ccccc2)c2c1[C@@H](c1ccc(OCc3ccccc3F)cc1)C(C#N)=C(N)O2. The predicted octanol–water partition coefficient (Wildman–Crippen LogP) is 5.12. The van der Waals surface area contributed by atoms with Crippen LogP contribution in [0.3, 0.4) is 0 Å². The quantitative estimate of drug-likeness (QED) is 0.454. The highest BCUT2D eigenvalue weighted by Gasteiger charge is 2.36. The minimum absolute atomic E-state index is 0.0527. The number of nitriles is 1. The highest BCUT2D eigenvalue weighted by Crippen LogP contribution is 2.44. The van der Waals surface area contributed by atoms with Crippen LogP contribution < -0.4 is 15.2 Å². The molecule has 4 aromatic rings. The maximum Gasteiger partial charge on any atom is 0.229 e. The summed E-state index contributed by atoms with van der Waals surface area (Å²) in [6.45, 7) is 2.00. The Hall–Kier alpha value is -4.57. The van der Waals surface area contributed by atoms with Gasteiger partial charge >= 0.3 is 0 Å². The van der Waals surface area contributed by atoms with E-state index in [-0.39, 0.29) is 18.3 Å². The monoisotopic (exact) mass is 452 g/mol. The Balaban J connectivity index is 1.49. The molecule has 1 aliphatic heterocycles. The van der Waals surface area contributed by atoms with Crippen LogP contribution in [0, 0.1) is 24.1 Å². The minimum Gasteiger partial charge on any atom is -0.489 e. The topological polar surface area (TPSA) is 86.1 Å². The van der Waals surface area contributed by atoms with Gasteiger partial charge < -0.3 is 15.2 Å². The molecular formula is C27H21FN4O2. The summed E-state index contributed by atoms with van der Waals surface area (Å²) in [6, 6.07) is 25.7. The average molecular weight is 452 g/mol. The molecule has 168 valence electrons. The number of allylic oxidation sites excluding steroid dienone is 1. The number of benzene rings is 3. The lowest BCUT2D eigenvalue weighted by molar-refractivity contribution is 0.299. The van der Waals surface area contributed by atoms with E-state index < -0.39 is 5.92 Å². The van der Waals surface area contributed by atoms with Crippen LogP contribution in [0.4, 0.5) is 4.39 Å². The lowest BCUT2D eigenvalue weighted by atomic mass is 9.84. The lowest BCUT2D eigenvalue weighted by Crippen LogP contribution is -2.22. The maximum atomic E-state index is 13.9. The van der Waals surface area contributed by atoms with Gasteiger partial charge in [0.05, 0.1) is 22.9 Å². The summed E-state index contributed by atoms with van der Waals surface area (Å²) in [5.41, 5.74) is 10.2. The number of hydrogen-bond acceptors (Lipinski definition) is 5. The van der Waals surface area contributed by atoms with Gasteiger partial charge in [-0.2, -0.15) is 10.4 Å². The van der Waals surface area contributed by atoms with Crippen molar-refractivity contribution in [2.24, 2.45) is 5.73 Å². The summed E-state index contributed by atoms with van der Waals surface area (Å²) in [5, 5.41) is 14.5. The third kappa shape index (κ3) is 3.76. The molecule has 1 aliphatic rings. The van der Waals surface area contributed by atoms with Crippen molar-refractivity contribution in [1.29, 1.82) is 5.26 Å². The van der Waals surface area contributed by atoms with E-state index in [4.69, 9.17) is 15.2 Å². The van der Waals surface area contributed by atoms with Gasteiger partial charge in [0.2, 0.25) is 11.8 Å². The molecule has 0 radical (unpaired) electrons. The van der Waals surface area contributed by atoms with Crippen LogP contribution in [-0.2, 0) is 6.61 Å². The van der Waals surface area contributed by atoms with E-state index in [1.54, 1.807) is 35.0 Å². The van der Waals surface area contributed by atoms with E-state index in [1.807, 2.05) is 49.4 Å². The second kappa shape index (κ2) is 8.75. The van der Waals surface area contributed by atoms with Crippen molar-refractivity contribution in [3.05, 3.63) is 119 Å². The molecule has 2 N–H and O–H groups in total. The van der Waals surface area contributed by atoms with Crippen LogP contribution in [0.1, 0.15) is 28.3 Å². The highest BCUT2D eigenvalue weighted by atomic mass is 19.1. The Morgan fingerprint density at radius 1 is 1.06 bits per heavy atom. The summed E-state index contributed by atoms with van der Waals surface area (Å²) in [6.07, 6.45) is 0. The van der Waals surface area contributed by atoms with Crippen LogP contribution in [0.25, 0.3) is 5.69 Å². The first-order valence-corrected chi connectivity index (χ1v) is 10.8. The largest absolute Gasteiger partial charge is 0.489 e. The fourth-order valence-corrected chi connectivity index (χ4v) is 4.12. The van der Waals surface area contributed by atoms with Gasteiger partial charge in [-0.25, -0.2) is 9.07 Å². The van der Waals surface area contributed by atoms with Gasteiger partial charge in [-0.1, -0.05) is 48.5 Å². The Morgan fingerprint density at radius 2 is 1.76 bits per heavy atom. The second-order valence-electron chi connectivity index (χ2n) is 7.93. The Kier molecular flexibility index (Phi) is 5.48. The molecule has 2 heterocycles. The number of halogens is 1. The van der Waals surface area contributed by atoms with Crippen LogP contribution in [0.15, 0.2) is 90.3 Å². The first-order chi connectivity index (χ1) is 16.6. The van der Waals surface area contributed by atoms with E-state index in [0.29, 0.717) is 22.8 Å². The van der Waals surface area contributed by atoms with Crippen molar-refractivity contribution in [1.82, 2.24) is 9.78 Å². The zero-order chi connectivity index (χ0) is 23.7. The number of ether oxygens (including phenoxy) is 2. The van der Waals surface area contributed by atoms with Crippen LogP contribution >= 0.6 is 0 Å². The number of fused-ring (bicyclic) bond motifs is 1. The summed E-state index contributed by atoms with van der Waals surface area (Å²) >= 11 is 0. The molecule has 0 spiro atoms. The zero-order valence-corrected chi connectivity index (χ0v) is 18.4. The number of aromatic nitrogens is 2. The molecule has 6 nitrogen and oxygen atoms in total. The standard InChI is InChI=1S/C27H21FN4O2/c1-17-24-25(18-11-13-21(14-12-18)33-16-19-7-5-6-10-23(19)28)22(15-29)26(30)34-27(24)32(31-17)20-8-3-2-4-9-20/h2-14,25H,16,30H2,1H3/t25-/m0/s1. The van der Waals surface area contributed by atoms with Gasteiger partial charge in [0.25, 0.3) is 0 Å². The van der Waals surface area contributed by atoms with Crippen molar-refractivity contribution in [2.75, 3.05) is 0 Å². The highest BCUT2D eigenvalue weighted by molar-refractivity contribution is 5.57. The van der Waals surface area contributed by atoms with Crippen molar-refractivity contribution < 1.29 is 13.9 Å². The molecule has 5 rings (SSSR count). The number of nitrogens with two attached hydrogens (primary N) is 1. The minimum atomic E-state index is -0.438. The van der Waals surface area contributed by atoms with Crippen LogP contribution in [-0.4, -0.2) is 9.78 Å². The van der Waals surface area contributed by atoms with E-state index >= 15 is 0 Å². The molecule has 0 unspecified atom stereocenters. The van der Waals surface area contributed by atoms with Crippen molar-refractivity contribution in [3.8, 4) is 23.4 Å². The molecule has 3 aromatic carbocycles. The number of aryl methyl sites for hydroxylation is 1. The van der Waals surface area contributed by atoms with E-state index in [1.165, 1.54) is 6.07 Å². The molecule has 7 heteroatoms. The summed E-state index contributed by atoms with van der Waals surface area (Å²) in [4.78, 5) is 0. The van der Waals surface area contributed by atoms with Gasteiger partial charge in [-0.05, 0) is 42.8 Å². The van der Waals surface area contributed by atoms with E-state index in [0.717, 1.165) is 22.5 Å². The Morgan fingerprint density at radius 3 is 2.47 bits per heavy atom. The van der Waals surface area contributed by atoms with Crippen molar-refractivity contribution in [3.63, 3.8) is 0 Å². The molecule has 34 heavy (non-hydrogen) atoms. The van der Waals surface area contributed by atoms with Gasteiger partial charge in [0.1, 0.15) is 29.8 Å². The number of nitrogens with zero attached hydrogens (tertiary/aromatic N) is 3. The number of rotatable bonds is 5. The van der Waals surface area contributed by atoms with Crippen molar-refractivity contribution >= 4 is 0 Å². The zero-order valence-electron chi connectivity index (χ0n) is 18.4. The molecule has 0 saturated carbocycles. The van der Waals surface area contributed by atoms with E-state index in [2.05, 4.69) is 11.2 Å². The van der Waals surface area contributed by atoms with Gasteiger partial charge in [0.15, 0.2) is 0 Å². The third-order valence-electron chi connectivity index (χ3n) is 5.80. The smallest absolute Gasteiger partial charge is 0.229 e. The molecule has 0 aliphatic carbocycles. The maximum absolute atomic E-state index is 13.9. The number of para-hydroxylation sites is 1. The molecule has 0 fully saturated rings. The fraction of sp³-hybridized carbons (Fsp3) is 0.111. The van der Waals surface area contributed by atoms with Gasteiger partial charge in [-0.15, -0.1) is 0 Å². The van der Waals surface area contributed by atoms with Gasteiger partial charge in [0, 0.05) is 5.56 Å². The molecule has 0 saturated heterocycles. The third-order valence-corrected chi connectivity index (χ3v) is 5.80. The first-order valence-electron chi connectivity index (χ1n) is 10.8. The summed E-state index contributed by atoms with van der Waals surface area (Å²) in [5.74, 6) is 0.388.